The molecule has 2 saturated heterocycles. The molecular weight excluding hydrogens is 1260 g/mol. The normalized spacial score (nSPS) is 29.5. The Labute approximate surface area is 554 Å². The molecule has 2 aromatic heterocycles. The van der Waals surface area contributed by atoms with E-state index in [1.54, 1.807) is 42.5 Å². The zero-order valence-electron chi connectivity index (χ0n) is 53.9. The molecule has 0 spiro atoms. The Hall–Kier alpha value is -5.83. The average molecular weight is 1350 g/mol. The topological polar surface area (TPSA) is 214 Å². The van der Waals surface area contributed by atoms with Crippen LogP contribution in [0.25, 0.3) is 21.8 Å². The smallest absolute Gasteiger partial charge is 0.408 e. The maximum absolute atomic E-state index is 16.1. The van der Waals surface area contributed by atoms with Crippen LogP contribution in [0.5, 0.6) is 23.0 Å². The number of aromatic nitrogens is 2. The molecule has 12 atom stereocenters. The van der Waals surface area contributed by atoms with Gasteiger partial charge in [0.25, 0.3) is 11.8 Å². The van der Waals surface area contributed by atoms with Crippen LogP contribution < -0.4 is 29.6 Å². The average Bonchev–Trinajstić information content (AvgIpc) is 1.77. The molecule has 2 aliphatic carbocycles. The van der Waals surface area contributed by atoms with Gasteiger partial charge in [0.05, 0.1) is 38.3 Å². The Balaban J connectivity index is 0.000000253. The van der Waals surface area contributed by atoms with Gasteiger partial charge in [0.1, 0.15) is 59.0 Å². The van der Waals surface area contributed by atoms with E-state index in [1.165, 1.54) is 30.1 Å². The number of methoxy groups -OCH3 is 2. The Morgan fingerprint density at radius 3 is 1.47 bits per heavy atom. The Kier molecular flexibility index (Phi) is 23.3. The molecule has 0 unspecified atom stereocenters. The van der Waals surface area contributed by atoms with E-state index in [4.69, 9.17) is 28.4 Å². The zero-order chi connectivity index (χ0) is 64.5. The first-order valence-corrected chi connectivity index (χ1v) is 31.5. The van der Waals surface area contributed by atoms with Gasteiger partial charge in [-0.1, -0.05) is 93.2 Å². The fraction of sp³-hybridized carbons (Fsp3) is 0.642. The van der Waals surface area contributed by atoms with Crippen LogP contribution in [0.2, 0.25) is 0 Å². The molecule has 24 heteroatoms. The molecule has 18 nitrogen and oxygen atoms in total. The number of nitrogens with zero attached hydrogens (tertiary/aromatic N) is 4. The molecule has 4 fully saturated rings. The van der Waals surface area contributed by atoms with Crippen molar-refractivity contribution in [3.8, 4) is 23.0 Å². The second-order valence-corrected chi connectivity index (χ2v) is 27.4. The molecule has 4 aliphatic heterocycles. The second kappa shape index (κ2) is 29.2. The number of hydrogen-bond acceptors (Lipinski definition) is 14. The van der Waals surface area contributed by atoms with Crippen molar-refractivity contribution in [3.05, 3.63) is 59.9 Å². The van der Waals surface area contributed by atoms with Crippen molar-refractivity contribution < 1.29 is 112 Å². The maximum Gasteiger partial charge on any atom is 0.408 e. The molecular formula is C67H86F4N6O12V2-2. The van der Waals surface area contributed by atoms with Crippen molar-refractivity contribution >= 4 is 58.4 Å². The minimum atomic E-state index is -3.30. The summed E-state index contributed by atoms with van der Waals surface area (Å²) in [4.78, 5) is 90.6. The van der Waals surface area contributed by atoms with E-state index in [1.807, 2.05) is 74.9 Å². The van der Waals surface area contributed by atoms with Crippen LogP contribution in [0.1, 0.15) is 164 Å². The number of ether oxygens (including phenoxy) is 6. The van der Waals surface area contributed by atoms with Crippen LogP contribution >= 0.6 is 0 Å². The van der Waals surface area contributed by atoms with E-state index in [-0.39, 0.29) is 92.5 Å². The molecule has 4 bridgehead atoms. The first-order chi connectivity index (χ1) is 42.1. The summed E-state index contributed by atoms with van der Waals surface area (Å²) < 4.78 is 99.0. The molecule has 10 rings (SSSR count). The molecule has 2 saturated carbocycles. The number of pyridine rings is 2. The largest absolute Gasteiger partial charge is 0.540 e. The van der Waals surface area contributed by atoms with Gasteiger partial charge in [-0.15, -0.1) is 0 Å². The third-order valence-electron chi connectivity index (χ3n) is 19.1. The van der Waals surface area contributed by atoms with Crippen molar-refractivity contribution in [3.63, 3.8) is 0 Å². The number of nitrogens with one attached hydrogen (secondary N) is 2. The van der Waals surface area contributed by atoms with Gasteiger partial charge in [-0.3, -0.25) is 9.59 Å². The van der Waals surface area contributed by atoms with Gasteiger partial charge < -0.3 is 58.4 Å². The van der Waals surface area contributed by atoms with E-state index < -0.39 is 125 Å². The standard InChI is InChI=1S/C34H44F2N3O6.C33H42F2N3O6.2V/c1-6-23-25(19-40)39-18-28(23)44-27-17-21-16-22(43-5)13-14-24(21)37-29(27)34(35,36)15-8-7-10-20-11-9-12-26(20)45-32(42)38-30(31(39)41)33(2,3)4;1-7-22-24(18-39)38-17-26(22)43-25-15-19-14-21(42-6)11-12-23(19)36-27(25)33(34,35)13-9-8-10-20-16-32(20,5)44-30(41)37-28(29(38)40)31(2,3)4;;/h13-14,16-17,20,23,25-26,28,30H,6-12,15,18H2,1-5H3,(H,38,42);11-12,14-15,20,22,24,26,28H,7-10,13,16-17H2,1-6H3,(H,37,41);;/q2*-1;;/t20-,23+,25-,26-,28+,30-;20-,22+,24-,26+,28-,32-;;/m11../s1. The van der Waals surface area contributed by atoms with Crippen LogP contribution in [0.4, 0.5) is 27.2 Å². The van der Waals surface area contributed by atoms with Gasteiger partial charge in [-0.2, -0.15) is 17.6 Å². The number of amides is 4. The predicted molar refractivity (Wildman–Crippen MR) is 323 cm³/mol. The van der Waals surface area contributed by atoms with Gasteiger partial charge in [0, 0.05) is 66.6 Å². The zero-order valence-corrected chi connectivity index (χ0v) is 56.7. The molecule has 2 radical (unpaired) electrons. The third-order valence-corrected chi connectivity index (χ3v) is 19.1. The van der Waals surface area contributed by atoms with Gasteiger partial charge in [-0.05, 0) is 135 Å². The van der Waals surface area contributed by atoms with Crippen molar-refractivity contribution in [2.45, 2.75) is 212 Å². The summed E-state index contributed by atoms with van der Waals surface area (Å²) in [7, 11) is 3.04. The Morgan fingerprint density at radius 2 is 1.04 bits per heavy atom. The summed E-state index contributed by atoms with van der Waals surface area (Å²) in [5, 5.41) is 6.68. The summed E-state index contributed by atoms with van der Waals surface area (Å²) >= 11 is 0. The van der Waals surface area contributed by atoms with E-state index in [0.29, 0.717) is 84.7 Å². The summed E-state index contributed by atoms with van der Waals surface area (Å²) in [5.74, 6) is -7.64. The van der Waals surface area contributed by atoms with Gasteiger partial charge in [0.15, 0.2) is 11.4 Å². The van der Waals surface area contributed by atoms with Gasteiger partial charge in [0.2, 0.25) is 11.8 Å². The molecule has 2 N–H and O–H groups in total. The van der Waals surface area contributed by atoms with E-state index in [0.717, 1.165) is 12.8 Å². The fourth-order valence-electron chi connectivity index (χ4n) is 13.7. The maximum atomic E-state index is 16.1. The summed E-state index contributed by atoms with van der Waals surface area (Å²) in [6, 6.07) is 9.08. The summed E-state index contributed by atoms with van der Waals surface area (Å²) in [6.45, 7) is 16.3. The van der Waals surface area contributed by atoms with Gasteiger partial charge >= 0.3 is 12.2 Å². The van der Waals surface area contributed by atoms with Crippen LogP contribution in [-0.4, -0.2) is 132 Å². The van der Waals surface area contributed by atoms with Crippen LogP contribution in [-0.2, 0) is 77.6 Å². The second-order valence-electron chi connectivity index (χ2n) is 27.4. The molecule has 496 valence electrons. The van der Waals surface area contributed by atoms with E-state index >= 15 is 17.6 Å². The monoisotopic (exact) mass is 1340 g/mol. The number of halogens is 4. The van der Waals surface area contributed by atoms with E-state index in [2.05, 4.69) is 20.6 Å². The van der Waals surface area contributed by atoms with Crippen molar-refractivity contribution in [2.75, 3.05) is 27.3 Å². The SMILES string of the molecule is CC[C@@H]1[C@@H]2CN(C(=O)[C@H](C(C)(C)C)NC(=O)O[C@@H]3CCC[C@H]3CCCCC(F)(F)c3nc4ccc(OC)cc4cc3O2)[C@@H]1[C-]=O.CC[C@@H]1[C@@H]2CN(C(=O)[C@H](C(C)(C)C)NC(=O)O[C@]3(C)C[C@H]3CCCCC(F)(F)c3nc4ccc(OC)cc4cc3O2)[C@@H]1[C-]=O.[V].[V]. The molecule has 6 heterocycles. The fourth-order valence-corrected chi connectivity index (χ4v) is 13.7. The molecule has 4 amide bonds. The van der Waals surface area contributed by atoms with Crippen molar-refractivity contribution in [1.29, 1.82) is 0 Å². The number of alkyl carbamates (subject to hydrolysis) is 2. The van der Waals surface area contributed by atoms with Crippen LogP contribution in [0, 0.1) is 34.5 Å². The Morgan fingerprint density at radius 1 is 0.604 bits per heavy atom. The molecule has 91 heavy (non-hydrogen) atoms. The van der Waals surface area contributed by atoms with Gasteiger partial charge in [-0.25, -0.2) is 32.1 Å². The number of rotatable bonds is 6. The summed E-state index contributed by atoms with van der Waals surface area (Å²) in [6.07, 6.45) is 6.47. The number of fused-ring (bicyclic) bond motifs is 10. The minimum Gasteiger partial charge on any atom is -0.540 e. The van der Waals surface area contributed by atoms with Crippen molar-refractivity contribution in [1.82, 2.24) is 30.4 Å². The number of carbonyl (C=O) groups is 4. The summed E-state index contributed by atoms with van der Waals surface area (Å²) in [5.41, 5.74) is -2.36. The number of alkyl halides is 4. The molecule has 6 aliphatic rings. The number of hydrogen-bond donors (Lipinski definition) is 2. The molecule has 4 aromatic rings. The first-order valence-electron chi connectivity index (χ1n) is 31.5. The molecule has 2 aromatic carbocycles. The first kappa shape index (κ1) is 72.6. The quantitative estimate of drug-likeness (QED) is 0.136. The predicted octanol–water partition coefficient (Wildman–Crippen LogP) is 12.2. The van der Waals surface area contributed by atoms with Crippen molar-refractivity contribution in [2.24, 2.45) is 34.5 Å². The Bertz CT molecular complexity index is 3280. The van der Waals surface area contributed by atoms with Crippen LogP contribution in [0.15, 0.2) is 48.5 Å². The van der Waals surface area contributed by atoms with Crippen LogP contribution in [0.3, 0.4) is 0 Å². The minimum absolute atomic E-state index is 0. The number of benzene rings is 2. The number of carbonyl (C=O) groups excluding carboxylic acids is 6. The van der Waals surface area contributed by atoms with E-state index in [9.17, 15) is 28.8 Å². The third kappa shape index (κ3) is 16.0.